The predicted octanol–water partition coefficient (Wildman–Crippen LogP) is 5.02. The summed E-state index contributed by atoms with van der Waals surface area (Å²) in [5.41, 5.74) is 0.599. The summed E-state index contributed by atoms with van der Waals surface area (Å²) in [4.78, 5) is 0. The lowest BCUT2D eigenvalue weighted by Crippen LogP contribution is -2.32. The second-order valence-corrected chi connectivity index (χ2v) is 6.35. The van der Waals surface area contributed by atoms with E-state index >= 15 is 0 Å². The van der Waals surface area contributed by atoms with Gasteiger partial charge in [-0.2, -0.15) is 0 Å². The van der Waals surface area contributed by atoms with E-state index in [1.54, 1.807) is 0 Å². The van der Waals surface area contributed by atoms with E-state index in [0.717, 1.165) is 31.7 Å². The van der Waals surface area contributed by atoms with E-state index in [0.29, 0.717) is 5.41 Å². The Labute approximate surface area is 117 Å². The van der Waals surface area contributed by atoms with E-state index in [1.807, 2.05) is 0 Å². The van der Waals surface area contributed by atoms with Crippen LogP contribution in [0.1, 0.15) is 51.4 Å². The highest BCUT2D eigenvalue weighted by molar-refractivity contribution is 5.46. The molecular formula is C16H20F3N. The number of rotatable bonds is 2. The van der Waals surface area contributed by atoms with Gasteiger partial charge in [0.05, 0.1) is 5.69 Å². The second-order valence-electron chi connectivity index (χ2n) is 6.35. The Morgan fingerprint density at radius 3 is 2.20 bits per heavy atom. The maximum atomic E-state index is 13.6. The number of benzene rings is 1. The van der Waals surface area contributed by atoms with Crippen LogP contribution in [-0.4, -0.2) is 6.04 Å². The van der Waals surface area contributed by atoms with Crippen molar-refractivity contribution in [1.29, 1.82) is 0 Å². The van der Waals surface area contributed by atoms with Crippen molar-refractivity contribution >= 4 is 5.69 Å². The van der Waals surface area contributed by atoms with E-state index in [9.17, 15) is 13.2 Å². The van der Waals surface area contributed by atoms with Crippen LogP contribution in [0.15, 0.2) is 12.1 Å². The standard InChI is InChI=1S/C16H20F3N/c17-12-3-4-13(15(19)14(12)18)20-11-5-9-16(10-6-11)7-1-2-8-16/h3-4,11,20H,1-2,5-10H2. The molecule has 3 rings (SSSR count). The SMILES string of the molecule is Fc1ccc(NC2CCC3(CCCC3)CC2)c(F)c1F. The average Bonchev–Trinajstić information content (AvgIpc) is 2.91. The van der Waals surface area contributed by atoms with Crippen molar-refractivity contribution in [3.05, 3.63) is 29.6 Å². The highest BCUT2D eigenvalue weighted by atomic mass is 19.2. The number of hydrogen-bond acceptors (Lipinski definition) is 1. The fourth-order valence-electron chi connectivity index (χ4n) is 3.86. The van der Waals surface area contributed by atoms with Crippen molar-refractivity contribution in [2.45, 2.75) is 57.4 Å². The third-order valence-corrected chi connectivity index (χ3v) is 5.11. The molecule has 2 fully saturated rings. The van der Waals surface area contributed by atoms with E-state index < -0.39 is 17.5 Å². The largest absolute Gasteiger partial charge is 0.380 e. The first-order valence-corrected chi connectivity index (χ1v) is 7.50. The maximum absolute atomic E-state index is 13.6. The molecule has 1 aromatic carbocycles. The summed E-state index contributed by atoms with van der Waals surface area (Å²) in [6.45, 7) is 0. The van der Waals surface area contributed by atoms with Crippen LogP contribution in [0.3, 0.4) is 0 Å². The molecular weight excluding hydrogens is 263 g/mol. The molecule has 2 aliphatic rings. The first kappa shape index (κ1) is 13.8. The molecule has 0 radical (unpaired) electrons. The lowest BCUT2D eigenvalue weighted by atomic mass is 9.71. The monoisotopic (exact) mass is 283 g/mol. The van der Waals surface area contributed by atoms with Gasteiger partial charge in [0.25, 0.3) is 0 Å². The van der Waals surface area contributed by atoms with Gasteiger partial charge in [-0.05, 0) is 56.1 Å². The smallest absolute Gasteiger partial charge is 0.196 e. The lowest BCUT2D eigenvalue weighted by molar-refractivity contribution is 0.188. The highest BCUT2D eigenvalue weighted by Crippen LogP contribution is 2.49. The fraction of sp³-hybridized carbons (Fsp3) is 0.625. The Hall–Kier alpha value is -1.19. The van der Waals surface area contributed by atoms with Crippen LogP contribution in [0.4, 0.5) is 18.9 Å². The van der Waals surface area contributed by atoms with E-state index in [-0.39, 0.29) is 11.7 Å². The molecule has 2 aliphatic carbocycles. The quantitative estimate of drug-likeness (QED) is 0.751. The number of nitrogens with one attached hydrogen (secondary N) is 1. The normalized spacial score (nSPS) is 22.4. The Balaban J connectivity index is 1.64. The van der Waals surface area contributed by atoms with Crippen LogP contribution >= 0.6 is 0 Å². The van der Waals surface area contributed by atoms with Crippen molar-refractivity contribution in [2.75, 3.05) is 5.32 Å². The summed E-state index contributed by atoms with van der Waals surface area (Å²) in [5.74, 6) is -3.63. The average molecular weight is 283 g/mol. The van der Waals surface area contributed by atoms with E-state index in [2.05, 4.69) is 5.32 Å². The van der Waals surface area contributed by atoms with Gasteiger partial charge in [-0.15, -0.1) is 0 Å². The first-order valence-electron chi connectivity index (χ1n) is 7.50. The number of halogens is 3. The van der Waals surface area contributed by atoms with Gasteiger partial charge in [0.1, 0.15) is 0 Å². The lowest BCUT2D eigenvalue weighted by Gasteiger charge is -2.37. The highest BCUT2D eigenvalue weighted by Gasteiger charge is 2.37. The van der Waals surface area contributed by atoms with Gasteiger partial charge in [-0.1, -0.05) is 12.8 Å². The Kier molecular flexibility index (Phi) is 3.65. The molecule has 4 heteroatoms. The van der Waals surface area contributed by atoms with Gasteiger partial charge in [0.15, 0.2) is 17.5 Å². The summed E-state index contributed by atoms with van der Waals surface area (Å²) in [6, 6.07) is 2.43. The zero-order valence-corrected chi connectivity index (χ0v) is 11.5. The summed E-state index contributed by atoms with van der Waals surface area (Å²) in [5, 5.41) is 3.04. The van der Waals surface area contributed by atoms with Crippen LogP contribution < -0.4 is 5.32 Å². The van der Waals surface area contributed by atoms with Gasteiger partial charge in [-0.25, -0.2) is 13.2 Å². The van der Waals surface area contributed by atoms with Gasteiger partial charge in [0, 0.05) is 6.04 Å². The second kappa shape index (κ2) is 5.30. The summed E-state index contributed by atoms with van der Waals surface area (Å²) in [7, 11) is 0. The number of hydrogen-bond donors (Lipinski definition) is 1. The summed E-state index contributed by atoms with van der Waals surface area (Å²) < 4.78 is 39.7. The van der Waals surface area contributed by atoms with Crippen LogP contribution in [0, 0.1) is 22.9 Å². The van der Waals surface area contributed by atoms with Gasteiger partial charge in [0.2, 0.25) is 0 Å². The Morgan fingerprint density at radius 1 is 0.900 bits per heavy atom. The molecule has 0 aromatic heterocycles. The topological polar surface area (TPSA) is 12.0 Å². The zero-order chi connectivity index (χ0) is 14.2. The van der Waals surface area contributed by atoms with Crippen molar-refractivity contribution in [1.82, 2.24) is 0 Å². The molecule has 1 N–H and O–H groups in total. The minimum Gasteiger partial charge on any atom is -0.380 e. The third kappa shape index (κ3) is 2.52. The third-order valence-electron chi connectivity index (χ3n) is 5.11. The molecule has 0 amide bonds. The molecule has 110 valence electrons. The molecule has 0 bridgehead atoms. The molecule has 0 heterocycles. The molecule has 2 saturated carbocycles. The maximum Gasteiger partial charge on any atom is 0.196 e. The first-order chi connectivity index (χ1) is 9.60. The van der Waals surface area contributed by atoms with Crippen molar-refractivity contribution in [2.24, 2.45) is 5.41 Å². The predicted molar refractivity (Wildman–Crippen MR) is 73.1 cm³/mol. The molecule has 0 aliphatic heterocycles. The van der Waals surface area contributed by atoms with Crippen molar-refractivity contribution in [3.8, 4) is 0 Å². The molecule has 0 atom stereocenters. The molecule has 1 nitrogen and oxygen atoms in total. The molecule has 1 spiro atoms. The van der Waals surface area contributed by atoms with Crippen LogP contribution in [0.2, 0.25) is 0 Å². The van der Waals surface area contributed by atoms with Gasteiger partial charge >= 0.3 is 0 Å². The number of anilines is 1. The summed E-state index contributed by atoms with van der Waals surface area (Å²) in [6.07, 6.45) is 9.59. The van der Waals surface area contributed by atoms with Crippen molar-refractivity contribution in [3.63, 3.8) is 0 Å². The minimum absolute atomic E-state index is 0.0799. The van der Waals surface area contributed by atoms with Gasteiger partial charge in [-0.3, -0.25) is 0 Å². The molecule has 0 unspecified atom stereocenters. The van der Waals surface area contributed by atoms with Crippen LogP contribution in [0.25, 0.3) is 0 Å². The minimum atomic E-state index is -1.39. The Morgan fingerprint density at radius 2 is 1.55 bits per heavy atom. The molecule has 20 heavy (non-hydrogen) atoms. The van der Waals surface area contributed by atoms with E-state index in [4.69, 9.17) is 0 Å². The Bertz CT molecular complexity index is 485. The molecule has 1 aromatic rings. The van der Waals surface area contributed by atoms with Gasteiger partial charge < -0.3 is 5.32 Å². The van der Waals surface area contributed by atoms with E-state index in [1.165, 1.54) is 31.7 Å². The fourth-order valence-corrected chi connectivity index (χ4v) is 3.86. The van der Waals surface area contributed by atoms with Crippen LogP contribution in [0.5, 0.6) is 0 Å². The van der Waals surface area contributed by atoms with Crippen molar-refractivity contribution < 1.29 is 13.2 Å². The molecule has 0 saturated heterocycles. The zero-order valence-electron chi connectivity index (χ0n) is 11.5. The van der Waals surface area contributed by atoms with Crippen LogP contribution in [-0.2, 0) is 0 Å². The summed E-state index contributed by atoms with van der Waals surface area (Å²) >= 11 is 0.